The van der Waals surface area contributed by atoms with Crippen molar-refractivity contribution in [3.63, 3.8) is 0 Å². The lowest BCUT2D eigenvalue weighted by Gasteiger charge is -2.17. The molecule has 31 heavy (non-hydrogen) atoms. The molecular weight excluding hydrogens is 494 g/mol. The van der Waals surface area contributed by atoms with Gasteiger partial charge in [0, 0.05) is 19.5 Å². The van der Waals surface area contributed by atoms with Gasteiger partial charge in [0.2, 0.25) is 5.91 Å². The molecule has 4 aromatic rings. The summed E-state index contributed by atoms with van der Waals surface area (Å²) in [5.41, 5.74) is 1.38. The highest BCUT2D eigenvalue weighted by Crippen LogP contribution is 2.40. The van der Waals surface area contributed by atoms with Gasteiger partial charge in [-0.15, -0.1) is 23.1 Å². The monoisotopic (exact) mass is 511 g/mol. The van der Waals surface area contributed by atoms with Gasteiger partial charge in [0.05, 0.1) is 12.8 Å². The van der Waals surface area contributed by atoms with Crippen LogP contribution in [0.4, 0.5) is 5.69 Å². The maximum absolute atomic E-state index is 13.5. The molecule has 4 nitrogen and oxygen atoms in total. The van der Waals surface area contributed by atoms with Gasteiger partial charge in [0.25, 0.3) is 0 Å². The van der Waals surface area contributed by atoms with Crippen molar-refractivity contribution in [2.45, 2.75) is 10.1 Å². The quantitative estimate of drug-likeness (QED) is 0.225. The number of esters is 1. The van der Waals surface area contributed by atoms with Crippen LogP contribution in [0.2, 0.25) is 0 Å². The van der Waals surface area contributed by atoms with Crippen molar-refractivity contribution in [3.05, 3.63) is 93.8 Å². The molecule has 156 valence electrons. The number of benzene rings is 3. The zero-order valence-corrected chi connectivity index (χ0v) is 19.7. The molecule has 7 heteroatoms. The number of carbonyl (C=O) groups excluding carboxylic acids is 2. The Morgan fingerprint density at radius 3 is 2.35 bits per heavy atom. The van der Waals surface area contributed by atoms with Crippen molar-refractivity contribution in [3.8, 4) is 0 Å². The first-order valence-electron chi connectivity index (χ1n) is 9.44. The van der Waals surface area contributed by atoms with Crippen LogP contribution >= 0.6 is 39.0 Å². The van der Waals surface area contributed by atoms with Crippen LogP contribution in [0.1, 0.15) is 20.5 Å². The molecule has 1 atom stereocenters. The molecule has 0 bridgehead atoms. The van der Waals surface area contributed by atoms with Gasteiger partial charge >= 0.3 is 5.97 Å². The first kappa shape index (κ1) is 21.6. The van der Waals surface area contributed by atoms with E-state index in [2.05, 4.69) is 21.2 Å². The summed E-state index contributed by atoms with van der Waals surface area (Å²) in [4.78, 5) is 27.2. The molecule has 1 unspecified atom stereocenters. The Balaban J connectivity index is 1.71. The molecule has 4 rings (SSSR count). The Bertz CT molecular complexity index is 1220. The summed E-state index contributed by atoms with van der Waals surface area (Å²) in [6.45, 7) is 0. The van der Waals surface area contributed by atoms with E-state index < -0.39 is 11.2 Å². The van der Waals surface area contributed by atoms with Crippen LogP contribution in [0.5, 0.6) is 0 Å². The van der Waals surface area contributed by atoms with Gasteiger partial charge in [-0.25, -0.2) is 4.79 Å². The van der Waals surface area contributed by atoms with Crippen molar-refractivity contribution >= 4 is 66.7 Å². The van der Waals surface area contributed by atoms with Gasteiger partial charge in [-0.05, 0) is 35.9 Å². The third-order valence-corrected chi connectivity index (χ3v) is 7.57. The average molecular weight is 512 g/mol. The van der Waals surface area contributed by atoms with E-state index in [1.165, 1.54) is 30.2 Å². The third-order valence-electron chi connectivity index (χ3n) is 4.62. The zero-order valence-electron chi connectivity index (χ0n) is 16.5. The molecule has 0 fully saturated rings. The standard InChI is InChI=1S/C24H18BrNO3S2/c1-29-24(28)22-20(18-9-5-6-10-19(18)31-22)26-23(27)21(15-7-3-2-4-8-15)30-17-13-11-16(25)12-14-17/h2-14,21H,1H3,(H,26,27). The minimum atomic E-state index is -0.494. The van der Waals surface area contributed by atoms with Crippen LogP contribution in [-0.2, 0) is 9.53 Å². The van der Waals surface area contributed by atoms with Crippen LogP contribution in [0.3, 0.4) is 0 Å². The Hall–Kier alpha value is -2.61. The van der Waals surface area contributed by atoms with Crippen LogP contribution in [0.15, 0.2) is 88.2 Å². The van der Waals surface area contributed by atoms with Crippen molar-refractivity contribution in [2.24, 2.45) is 0 Å². The molecule has 0 saturated carbocycles. The molecule has 1 amide bonds. The average Bonchev–Trinajstić information content (AvgIpc) is 3.17. The van der Waals surface area contributed by atoms with Crippen LogP contribution in [-0.4, -0.2) is 19.0 Å². The minimum absolute atomic E-state index is 0.201. The minimum Gasteiger partial charge on any atom is -0.465 e. The van der Waals surface area contributed by atoms with E-state index in [0.29, 0.717) is 10.6 Å². The van der Waals surface area contributed by atoms with E-state index in [1.807, 2.05) is 78.9 Å². The summed E-state index contributed by atoms with van der Waals surface area (Å²) in [6, 6.07) is 25.1. The maximum atomic E-state index is 13.5. The molecule has 0 radical (unpaired) electrons. The summed E-state index contributed by atoms with van der Waals surface area (Å²) >= 11 is 6.22. The van der Waals surface area contributed by atoms with E-state index in [4.69, 9.17) is 4.74 Å². The fourth-order valence-corrected chi connectivity index (χ4v) is 5.51. The van der Waals surface area contributed by atoms with E-state index >= 15 is 0 Å². The number of thiophene rings is 1. The molecule has 0 aliphatic carbocycles. The van der Waals surface area contributed by atoms with Gasteiger partial charge < -0.3 is 10.1 Å². The number of thioether (sulfide) groups is 1. The van der Waals surface area contributed by atoms with Crippen molar-refractivity contribution in [1.29, 1.82) is 0 Å². The number of hydrogen-bond donors (Lipinski definition) is 1. The summed E-state index contributed by atoms with van der Waals surface area (Å²) in [6.07, 6.45) is 0. The summed E-state index contributed by atoms with van der Waals surface area (Å²) in [5.74, 6) is -0.666. The topological polar surface area (TPSA) is 55.4 Å². The lowest BCUT2D eigenvalue weighted by molar-refractivity contribution is -0.115. The second kappa shape index (κ2) is 9.68. The van der Waals surface area contributed by atoms with Gasteiger partial charge in [-0.1, -0.05) is 64.5 Å². The Labute approximate surface area is 196 Å². The zero-order chi connectivity index (χ0) is 21.8. The first-order chi connectivity index (χ1) is 15.1. The SMILES string of the molecule is COC(=O)c1sc2ccccc2c1NC(=O)C(Sc1ccc(Br)cc1)c1ccccc1. The van der Waals surface area contributed by atoms with E-state index in [0.717, 1.165) is 25.0 Å². The Morgan fingerprint density at radius 2 is 1.65 bits per heavy atom. The highest BCUT2D eigenvalue weighted by Gasteiger charge is 2.26. The molecule has 0 spiro atoms. The summed E-state index contributed by atoms with van der Waals surface area (Å²) in [5, 5.41) is 3.35. The number of amides is 1. The predicted octanol–water partition coefficient (Wildman–Crippen LogP) is 6.92. The number of carbonyl (C=O) groups is 2. The number of halogens is 1. The maximum Gasteiger partial charge on any atom is 0.350 e. The lowest BCUT2D eigenvalue weighted by Crippen LogP contribution is -2.20. The smallest absolute Gasteiger partial charge is 0.350 e. The number of fused-ring (bicyclic) bond motifs is 1. The van der Waals surface area contributed by atoms with Crippen LogP contribution in [0.25, 0.3) is 10.1 Å². The number of nitrogens with one attached hydrogen (secondary N) is 1. The number of hydrogen-bond acceptors (Lipinski definition) is 5. The van der Waals surface area contributed by atoms with Crippen LogP contribution in [0, 0.1) is 0 Å². The number of methoxy groups -OCH3 is 1. The summed E-state index contributed by atoms with van der Waals surface area (Å²) < 4.78 is 6.84. The molecular formula is C24H18BrNO3S2. The highest BCUT2D eigenvalue weighted by molar-refractivity contribution is 9.10. The first-order valence-corrected chi connectivity index (χ1v) is 11.9. The van der Waals surface area contributed by atoms with Gasteiger partial charge in [0.1, 0.15) is 10.1 Å². The van der Waals surface area contributed by atoms with Crippen molar-refractivity contribution in [2.75, 3.05) is 12.4 Å². The fraction of sp³-hybridized carbons (Fsp3) is 0.0833. The van der Waals surface area contributed by atoms with Gasteiger partial charge in [0.15, 0.2) is 0 Å². The second-order valence-electron chi connectivity index (χ2n) is 6.65. The molecule has 0 aliphatic rings. The molecule has 3 aromatic carbocycles. The Kier molecular flexibility index (Phi) is 6.75. The van der Waals surface area contributed by atoms with E-state index in [-0.39, 0.29) is 5.91 Å². The normalized spacial score (nSPS) is 11.8. The fourth-order valence-electron chi connectivity index (χ4n) is 3.14. The molecule has 1 aromatic heterocycles. The van der Waals surface area contributed by atoms with E-state index in [1.54, 1.807) is 0 Å². The largest absolute Gasteiger partial charge is 0.465 e. The van der Waals surface area contributed by atoms with Gasteiger partial charge in [-0.3, -0.25) is 4.79 Å². The molecule has 0 saturated heterocycles. The van der Waals surface area contributed by atoms with Crippen molar-refractivity contribution in [1.82, 2.24) is 0 Å². The predicted molar refractivity (Wildman–Crippen MR) is 131 cm³/mol. The second-order valence-corrected chi connectivity index (χ2v) is 9.79. The summed E-state index contributed by atoms with van der Waals surface area (Å²) in [7, 11) is 1.34. The molecule has 0 aliphatic heterocycles. The van der Waals surface area contributed by atoms with Gasteiger partial charge in [-0.2, -0.15) is 0 Å². The van der Waals surface area contributed by atoms with Crippen LogP contribution < -0.4 is 5.32 Å². The Morgan fingerprint density at radius 1 is 0.968 bits per heavy atom. The molecule has 1 heterocycles. The lowest BCUT2D eigenvalue weighted by atomic mass is 10.1. The third kappa shape index (κ3) is 4.84. The number of anilines is 1. The molecule has 1 N–H and O–H groups in total. The number of rotatable bonds is 6. The van der Waals surface area contributed by atoms with E-state index in [9.17, 15) is 9.59 Å². The highest BCUT2D eigenvalue weighted by atomic mass is 79.9. The van der Waals surface area contributed by atoms with Crippen molar-refractivity contribution < 1.29 is 14.3 Å². The number of ether oxygens (including phenoxy) is 1.